The zero-order valence-electron chi connectivity index (χ0n) is 19.0. The van der Waals surface area contributed by atoms with Crippen LogP contribution in [0.3, 0.4) is 0 Å². The van der Waals surface area contributed by atoms with Gasteiger partial charge in [0.25, 0.3) is 0 Å². The molecule has 1 unspecified atom stereocenters. The maximum Gasteiger partial charge on any atom is 0.163 e. The second-order valence-electron chi connectivity index (χ2n) is 11.6. The standard InChI is InChI=1S/C25H42O5/c1-23-8-3-9-25(23,27)20-6-5-17-15-21(28-12-4-11-26)18(22-29-13-14-30-22)16-24(17,2)19(20)7-10-23/h17-22,26-27H,3-16H2,1-2H3/t17-,18?,19+,20-,21-,23+,24+,25+/m1/s1. The fourth-order valence-electron chi connectivity index (χ4n) is 8.68. The van der Waals surface area contributed by atoms with E-state index in [2.05, 4.69) is 13.8 Å². The highest BCUT2D eigenvalue weighted by molar-refractivity contribution is 5.15. The molecule has 30 heavy (non-hydrogen) atoms. The van der Waals surface area contributed by atoms with E-state index in [1.807, 2.05) is 0 Å². The molecule has 2 N–H and O–H groups in total. The first-order valence-corrected chi connectivity index (χ1v) is 12.6. The first-order chi connectivity index (χ1) is 14.4. The molecule has 5 rings (SSSR count). The molecule has 0 spiro atoms. The largest absolute Gasteiger partial charge is 0.396 e. The lowest BCUT2D eigenvalue weighted by Crippen LogP contribution is -2.62. The van der Waals surface area contributed by atoms with Crippen molar-refractivity contribution in [3.63, 3.8) is 0 Å². The second kappa shape index (κ2) is 7.98. The van der Waals surface area contributed by atoms with E-state index in [4.69, 9.17) is 14.2 Å². The summed E-state index contributed by atoms with van der Waals surface area (Å²) >= 11 is 0. The maximum absolute atomic E-state index is 11.9. The van der Waals surface area contributed by atoms with Gasteiger partial charge in [0, 0.05) is 19.1 Å². The molecule has 172 valence electrons. The molecule has 5 nitrogen and oxygen atoms in total. The molecule has 1 saturated heterocycles. The minimum absolute atomic E-state index is 0.124. The molecule has 1 aliphatic heterocycles. The molecular formula is C25H42O5. The molecular weight excluding hydrogens is 380 g/mol. The molecule has 5 heteroatoms. The van der Waals surface area contributed by atoms with E-state index in [1.165, 1.54) is 38.5 Å². The van der Waals surface area contributed by atoms with E-state index in [9.17, 15) is 10.2 Å². The van der Waals surface area contributed by atoms with E-state index in [1.54, 1.807) is 0 Å². The Morgan fingerprint density at radius 2 is 1.80 bits per heavy atom. The van der Waals surface area contributed by atoms with E-state index in [0.29, 0.717) is 44.0 Å². The molecule has 1 heterocycles. The van der Waals surface area contributed by atoms with Crippen LogP contribution in [0.25, 0.3) is 0 Å². The predicted molar refractivity (Wildman–Crippen MR) is 114 cm³/mol. The number of hydrogen-bond donors (Lipinski definition) is 2. The number of hydrogen-bond acceptors (Lipinski definition) is 5. The second-order valence-corrected chi connectivity index (χ2v) is 11.6. The average Bonchev–Trinajstić information content (AvgIpc) is 3.35. The van der Waals surface area contributed by atoms with Gasteiger partial charge in [-0.2, -0.15) is 0 Å². The van der Waals surface area contributed by atoms with Gasteiger partial charge >= 0.3 is 0 Å². The Kier molecular flexibility index (Phi) is 5.76. The van der Waals surface area contributed by atoms with Gasteiger partial charge < -0.3 is 24.4 Å². The highest BCUT2D eigenvalue weighted by atomic mass is 16.7. The Morgan fingerprint density at radius 3 is 2.57 bits per heavy atom. The smallest absolute Gasteiger partial charge is 0.163 e. The van der Waals surface area contributed by atoms with Gasteiger partial charge in [-0.25, -0.2) is 0 Å². The van der Waals surface area contributed by atoms with Gasteiger partial charge in [0.1, 0.15) is 0 Å². The van der Waals surface area contributed by atoms with Crippen molar-refractivity contribution in [2.75, 3.05) is 26.4 Å². The highest BCUT2D eigenvalue weighted by Crippen LogP contribution is 2.68. The molecule has 0 aromatic heterocycles. The quantitative estimate of drug-likeness (QED) is 0.658. The third-order valence-corrected chi connectivity index (χ3v) is 10.3. The molecule has 0 radical (unpaired) electrons. The highest BCUT2D eigenvalue weighted by Gasteiger charge is 2.65. The summed E-state index contributed by atoms with van der Waals surface area (Å²) in [6.45, 7) is 7.01. The summed E-state index contributed by atoms with van der Waals surface area (Å²) in [6, 6.07) is 0. The summed E-state index contributed by atoms with van der Waals surface area (Å²) in [5.41, 5.74) is -0.118. The van der Waals surface area contributed by atoms with Gasteiger partial charge in [0.15, 0.2) is 6.29 Å². The fourth-order valence-corrected chi connectivity index (χ4v) is 8.68. The number of ether oxygens (including phenoxy) is 3. The Balaban J connectivity index is 1.40. The Hall–Kier alpha value is -0.200. The summed E-state index contributed by atoms with van der Waals surface area (Å²) in [5, 5.41) is 21.1. The lowest BCUT2D eigenvalue weighted by atomic mass is 9.43. The van der Waals surface area contributed by atoms with E-state index in [-0.39, 0.29) is 35.7 Å². The van der Waals surface area contributed by atoms with Crippen LogP contribution in [0.1, 0.15) is 78.1 Å². The SMILES string of the molecule is C[C@]12CC(C3OCCO3)[C@H](OCCCO)C[C@H]1CC[C@@H]1[C@@H]2CC[C@]2(C)CCC[C@]12O. The van der Waals surface area contributed by atoms with Crippen molar-refractivity contribution in [1.29, 1.82) is 0 Å². The first kappa shape index (κ1) is 21.6. The molecule has 0 amide bonds. The summed E-state index contributed by atoms with van der Waals surface area (Å²) in [6.07, 6.45) is 11.0. The van der Waals surface area contributed by atoms with Gasteiger partial charge in [0.2, 0.25) is 0 Å². The van der Waals surface area contributed by atoms with E-state index >= 15 is 0 Å². The van der Waals surface area contributed by atoms with Crippen molar-refractivity contribution in [3.8, 4) is 0 Å². The Bertz CT molecular complexity index is 621. The molecule has 5 fully saturated rings. The Morgan fingerprint density at radius 1 is 1.00 bits per heavy atom. The van der Waals surface area contributed by atoms with Crippen molar-refractivity contribution in [2.24, 2.45) is 34.5 Å². The average molecular weight is 423 g/mol. The van der Waals surface area contributed by atoms with E-state index < -0.39 is 5.60 Å². The number of aliphatic hydroxyl groups excluding tert-OH is 1. The van der Waals surface area contributed by atoms with Crippen LogP contribution in [0.4, 0.5) is 0 Å². The van der Waals surface area contributed by atoms with Crippen LogP contribution < -0.4 is 0 Å². The lowest BCUT2D eigenvalue weighted by molar-refractivity contribution is -0.229. The summed E-state index contributed by atoms with van der Waals surface area (Å²) in [5.74, 6) is 1.93. The molecule has 0 bridgehead atoms. The van der Waals surface area contributed by atoms with Gasteiger partial charge in [0.05, 0.1) is 24.9 Å². The van der Waals surface area contributed by atoms with Crippen LogP contribution in [0.2, 0.25) is 0 Å². The van der Waals surface area contributed by atoms with Crippen molar-refractivity contribution in [1.82, 2.24) is 0 Å². The molecule has 0 aromatic rings. The zero-order valence-corrected chi connectivity index (χ0v) is 19.0. The Labute approximate surface area is 181 Å². The monoisotopic (exact) mass is 422 g/mol. The van der Waals surface area contributed by atoms with Gasteiger partial charge in [-0.05, 0) is 92.8 Å². The third-order valence-electron chi connectivity index (χ3n) is 10.3. The summed E-state index contributed by atoms with van der Waals surface area (Å²) < 4.78 is 18.3. The fraction of sp³-hybridized carbons (Fsp3) is 1.00. The van der Waals surface area contributed by atoms with E-state index in [0.717, 1.165) is 19.3 Å². The number of rotatable bonds is 5. The summed E-state index contributed by atoms with van der Waals surface area (Å²) in [7, 11) is 0. The topological polar surface area (TPSA) is 68.2 Å². The third kappa shape index (κ3) is 3.22. The number of fused-ring (bicyclic) bond motifs is 5. The van der Waals surface area contributed by atoms with Crippen molar-refractivity contribution in [3.05, 3.63) is 0 Å². The van der Waals surface area contributed by atoms with Gasteiger partial charge in [-0.15, -0.1) is 0 Å². The van der Waals surface area contributed by atoms with Crippen molar-refractivity contribution in [2.45, 2.75) is 96.1 Å². The van der Waals surface area contributed by atoms with Crippen molar-refractivity contribution < 1.29 is 24.4 Å². The number of aliphatic hydroxyl groups is 2. The molecule has 8 atom stereocenters. The normalized spacial score (nSPS) is 51.4. The zero-order chi connectivity index (χ0) is 21.0. The van der Waals surface area contributed by atoms with Crippen LogP contribution in [0.15, 0.2) is 0 Å². The molecule has 5 aliphatic rings. The van der Waals surface area contributed by atoms with Crippen LogP contribution >= 0.6 is 0 Å². The lowest BCUT2D eigenvalue weighted by Gasteiger charge is -2.64. The summed E-state index contributed by atoms with van der Waals surface area (Å²) in [4.78, 5) is 0. The van der Waals surface area contributed by atoms with Gasteiger partial charge in [-0.3, -0.25) is 0 Å². The van der Waals surface area contributed by atoms with Crippen LogP contribution in [0, 0.1) is 34.5 Å². The van der Waals surface area contributed by atoms with Crippen LogP contribution in [0.5, 0.6) is 0 Å². The minimum atomic E-state index is -0.464. The van der Waals surface area contributed by atoms with Crippen LogP contribution in [-0.4, -0.2) is 54.6 Å². The maximum atomic E-state index is 11.9. The molecule has 4 saturated carbocycles. The molecule has 4 aliphatic carbocycles. The first-order valence-electron chi connectivity index (χ1n) is 12.6. The molecule has 0 aromatic carbocycles. The van der Waals surface area contributed by atoms with Crippen LogP contribution in [-0.2, 0) is 14.2 Å². The predicted octanol–water partition coefficient (Wildman–Crippen LogP) is 3.90. The van der Waals surface area contributed by atoms with Gasteiger partial charge in [-0.1, -0.05) is 13.8 Å². The van der Waals surface area contributed by atoms with Crippen molar-refractivity contribution >= 4 is 0 Å². The minimum Gasteiger partial charge on any atom is -0.396 e.